The molecular formula is C15H21N7O5S. The quantitative estimate of drug-likeness (QED) is 0.472. The molecule has 2 aromatic heterocycles. The van der Waals surface area contributed by atoms with Crippen LogP contribution in [0, 0.1) is 17.0 Å². The molecule has 1 saturated heterocycles. The van der Waals surface area contributed by atoms with E-state index in [1.807, 2.05) is 0 Å². The van der Waals surface area contributed by atoms with Crippen LogP contribution in [-0.4, -0.2) is 74.2 Å². The number of hydrogen-bond donors (Lipinski definition) is 0. The fourth-order valence-electron chi connectivity index (χ4n) is 3.03. The van der Waals surface area contributed by atoms with E-state index < -0.39 is 14.9 Å². The van der Waals surface area contributed by atoms with Gasteiger partial charge in [-0.1, -0.05) is 0 Å². The van der Waals surface area contributed by atoms with Crippen LogP contribution in [0.2, 0.25) is 0 Å². The van der Waals surface area contributed by atoms with Crippen LogP contribution >= 0.6 is 0 Å². The zero-order valence-electron chi connectivity index (χ0n) is 15.6. The highest BCUT2D eigenvalue weighted by molar-refractivity contribution is 7.89. The van der Waals surface area contributed by atoms with Gasteiger partial charge in [-0.2, -0.15) is 14.1 Å². The zero-order valence-corrected chi connectivity index (χ0v) is 16.4. The Morgan fingerprint density at radius 2 is 1.96 bits per heavy atom. The number of carbonyl (C=O) groups is 1. The van der Waals surface area contributed by atoms with Gasteiger partial charge in [0.05, 0.1) is 29.6 Å². The van der Waals surface area contributed by atoms with Gasteiger partial charge in [0.2, 0.25) is 15.9 Å². The normalized spacial score (nSPS) is 15.7. The highest BCUT2D eigenvalue weighted by Gasteiger charge is 2.31. The Kier molecular flexibility index (Phi) is 5.47. The van der Waals surface area contributed by atoms with Crippen LogP contribution in [0.3, 0.4) is 0 Å². The monoisotopic (exact) mass is 411 g/mol. The molecule has 0 aromatic carbocycles. The molecule has 3 rings (SSSR count). The van der Waals surface area contributed by atoms with Crippen molar-refractivity contribution in [3.63, 3.8) is 0 Å². The van der Waals surface area contributed by atoms with Crippen LogP contribution in [0.1, 0.15) is 12.1 Å². The third-order valence-corrected chi connectivity index (χ3v) is 6.45. The second kappa shape index (κ2) is 7.67. The summed E-state index contributed by atoms with van der Waals surface area (Å²) in [6.45, 7) is 2.90. The highest BCUT2D eigenvalue weighted by Crippen LogP contribution is 2.17. The SMILES string of the molecule is Cc1cc([N+](=O)[O-])nn1CCC(=O)N1CCN(S(=O)(=O)c2cnn(C)c2)CC1. The van der Waals surface area contributed by atoms with Crippen molar-refractivity contribution in [3.05, 3.63) is 34.3 Å². The first-order valence-electron chi connectivity index (χ1n) is 8.64. The van der Waals surface area contributed by atoms with Crippen LogP contribution in [0.4, 0.5) is 5.82 Å². The third-order valence-electron chi connectivity index (χ3n) is 4.60. The van der Waals surface area contributed by atoms with Crippen molar-refractivity contribution in [1.29, 1.82) is 0 Å². The first kappa shape index (κ1) is 19.9. The van der Waals surface area contributed by atoms with E-state index in [-0.39, 0.29) is 55.8 Å². The molecular weight excluding hydrogens is 390 g/mol. The molecule has 13 heteroatoms. The fourth-order valence-corrected chi connectivity index (χ4v) is 4.44. The van der Waals surface area contributed by atoms with Gasteiger partial charge >= 0.3 is 5.82 Å². The molecule has 0 N–H and O–H groups in total. The number of rotatable bonds is 6. The van der Waals surface area contributed by atoms with E-state index in [9.17, 15) is 23.3 Å². The highest BCUT2D eigenvalue weighted by atomic mass is 32.2. The molecule has 3 heterocycles. The molecule has 0 radical (unpaired) electrons. The minimum Gasteiger partial charge on any atom is -0.358 e. The molecule has 28 heavy (non-hydrogen) atoms. The van der Waals surface area contributed by atoms with Crippen molar-refractivity contribution in [2.75, 3.05) is 26.2 Å². The summed E-state index contributed by atoms with van der Waals surface area (Å²) in [6, 6.07) is 1.35. The van der Waals surface area contributed by atoms with Crippen LogP contribution < -0.4 is 0 Å². The van der Waals surface area contributed by atoms with Gasteiger partial charge in [-0.05, 0) is 11.8 Å². The summed E-state index contributed by atoms with van der Waals surface area (Å²) in [5.74, 6) is -0.393. The van der Waals surface area contributed by atoms with Crippen molar-refractivity contribution in [1.82, 2.24) is 28.8 Å². The predicted octanol–water partition coefficient (Wildman–Crippen LogP) is -0.244. The van der Waals surface area contributed by atoms with Gasteiger partial charge in [-0.3, -0.25) is 9.48 Å². The zero-order chi connectivity index (χ0) is 20.5. The molecule has 0 unspecified atom stereocenters. The number of nitrogens with zero attached hydrogens (tertiary/aromatic N) is 7. The summed E-state index contributed by atoms with van der Waals surface area (Å²) >= 11 is 0. The van der Waals surface area contributed by atoms with Crippen molar-refractivity contribution in [2.24, 2.45) is 7.05 Å². The minimum atomic E-state index is -3.62. The van der Waals surface area contributed by atoms with E-state index in [4.69, 9.17) is 0 Å². The second-order valence-electron chi connectivity index (χ2n) is 6.51. The summed E-state index contributed by atoms with van der Waals surface area (Å²) in [7, 11) is -1.98. The molecule has 0 saturated carbocycles. The smallest absolute Gasteiger partial charge is 0.358 e. The van der Waals surface area contributed by atoms with Crippen LogP contribution in [0.25, 0.3) is 0 Å². The van der Waals surface area contributed by atoms with Gasteiger partial charge in [0.1, 0.15) is 4.90 Å². The summed E-state index contributed by atoms with van der Waals surface area (Å²) in [5.41, 5.74) is 0.604. The number of hydrogen-bond acceptors (Lipinski definition) is 7. The summed E-state index contributed by atoms with van der Waals surface area (Å²) in [5, 5.41) is 18.5. The Labute approximate surface area is 161 Å². The first-order chi connectivity index (χ1) is 13.2. The van der Waals surface area contributed by atoms with Crippen molar-refractivity contribution < 1.29 is 18.1 Å². The van der Waals surface area contributed by atoms with E-state index >= 15 is 0 Å². The Morgan fingerprint density at radius 3 is 2.50 bits per heavy atom. The maximum Gasteiger partial charge on any atom is 0.390 e. The number of carbonyl (C=O) groups excluding carboxylic acids is 1. The Balaban J connectivity index is 1.55. The van der Waals surface area contributed by atoms with Gasteiger partial charge < -0.3 is 15.0 Å². The number of aryl methyl sites for hydroxylation is 3. The van der Waals surface area contributed by atoms with E-state index in [0.29, 0.717) is 5.69 Å². The lowest BCUT2D eigenvalue weighted by atomic mass is 10.3. The van der Waals surface area contributed by atoms with Crippen molar-refractivity contribution in [2.45, 2.75) is 24.8 Å². The molecule has 152 valence electrons. The van der Waals surface area contributed by atoms with Gasteiger partial charge in [0.15, 0.2) is 0 Å². The predicted molar refractivity (Wildman–Crippen MR) is 96.8 cm³/mol. The number of amides is 1. The Morgan fingerprint density at radius 1 is 1.29 bits per heavy atom. The summed E-state index contributed by atoms with van der Waals surface area (Å²) < 4.78 is 29.4. The molecule has 1 aliphatic rings. The fraction of sp³-hybridized carbons (Fsp3) is 0.533. The number of piperazine rings is 1. The van der Waals surface area contributed by atoms with Gasteiger partial charge in [-0.15, -0.1) is 0 Å². The van der Waals surface area contributed by atoms with Crippen LogP contribution in [0.15, 0.2) is 23.4 Å². The minimum absolute atomic E-state index is 0.130. The van der Waals surface area contributed by atoms with E-state index in [1.165, 1.54) is 32.1 Å². The molecule has 2 aromatic rings. The topological polar surface area (TPSA) is 136 Å². The molecule has 0 bridgehead atoms. The maximum absolute atomic E-state index is 12.6. The standard InChI is InChI=1S/C15H21N7O5S/c1-12-9-14(22(24)25)17-21(12)4-3-15(23)19-5-7-20(8-6-19)28(26,27)13-10-16-18(2)11-13/h9-11H,3-8H2,1-2H3. The molecule has 0 spiro atoms. The Hall–Kier alpha value is -2.80. The largest absolute Gasteiger partial charge is 0.390 e. The average molecular weight is 411 g/mol. The van der Waals surface area contributed by atoms with Crippen LogP contribution in [-0.2, 0) is 28.4 Å². The van der Waals surface area contributed by atoms with Gasteiger partial charge in [0, 0.05) is 45.8 Å². The van der Waals surface area contributed by atoms with Crippen LogP contribution in [0.5, 0.6) is 0 Å². The molecule has 1 fully saturated rings. The van der Waals surface area contributed by atoms with E-state index in [0.717, 1.165) is 0 Å². The molecule has 1 aliphatic heterocycles. The van der Waals surface area contributed by atoms with E-state index in [2.05, 4.69) is 10.2 Å². The number of sulfonamides is 1. The molecule has 12 nitrogen and oxygen atoms in total. The number of aromatic nitrogens is 4. The maximum atomic E-state index is 12.6. The lowest BCUT2D eigenvalue weighted by Gasteiger charge is -2.33. The molecule has 1 amide bonds. The average Bonchev–Trinajstić information content (AvgIpc) is 3.26. The van der Waals surface area contributed by atoms with Gasteiger partial charge in [0.25, 0.3) is 0 Å². The van der Waals surface area contributed by atoms with E-state index in [1.54, 1.807) is 18.9 Å². The summed E-state index contributed by atoms with van der Waals surface area (Å²) in [6.07, 6.45) is 2.88. The molecule has 0 atom stereocenters. The first-order valence-corrected chi connectivity index (χ1v) is 10.1. The summed E-state index contributed by atoms with van der Waals surface area (Å²) in [4.78, 5) is 24.3. The molecule has 0 aliphatic carbocycles. The van der Waals surface area contributed by atoms with Crippen molar-refractivity contribution >= 4 is 21.7 Å². The second-order valence-corrected chi connectivity index (χ2v) is 8.45. The lowest BCUT2D eigenvalue weighted by Crippen LogP contribution is -2.50. The lowest BCUT2D eigenvalue weighted by molar-refractivity contribution is -0.389. The van der Waals surface area contributed by atoms with Gasteiger partial charge in [-0.25, -0.2) is 8.42 Å². The third kappa shape index (κ3) is 4.04. The Bertz CT molecular complexity index is 988. The van der Waals surface area contributed by atoms with Crippen molar-refractivity contribution in [3.8, 4) is 0 Å². The number of nitro groups is 1.